The normalized spacial score (nSPS) is 14.6. The molecule has 1 aliphatic heterocycles. The summed E-state index contributed by atoms with van der Waals surface area (Å²) in [5.74, 6) is -0.157. The lowest BCUT2D eigenvalue weighted by Gasteiger charge is -2.36. The smallest absolute Gasteiger partial charge is 0.261 e. The predicted molar refractivity (Wildman–Crippen MR) is 128 cm³/mol. The van der Waals surface area contributed by atoms with Crippen LogP contribution in [0.15, 0.2) is 59.7 Å². The Balaban J connectivity index is 1.14. The number of hydrogen-bond donors (Lipinski definition) is 1. The largest absolute Gasteiger partial charge is 0.369 e. The van der Waals surface area contributed by atoms with E-state index in [2.05, 4.69) is 51.3 Å². The van der Waals surface area contributed by atoms with Gasteiger partial charge in [-0.2, -0.15) is 0 Å². The van der Waals surface area contributed by atoms with E-state index in [1.165, 1.54) is 22.1 Å². The third kappa shape index (κ3) is 5.53. The number of amides is 1. The third-order valence-electron chi connectivity index (χ3n) is 6.01. The zero-order chi connectivity index (χ0) is 22.3. The van der Waals surface area contributed by atoms with Crippen molar-refractivity contribution in [1.29, 1.82) is 0 Å². The van der Waals surface area contributed by atoms with Gasteiger partial charge in [0.15, 0.2) is 0 Å². The number of piperazine rings is 1. The van der Waals surface area contributed by atoms with Gasteiger partial charge in [0, 0.05) is 38.4 Å². The molecule has 7 heteroatoms. The van der Waals surface area contributed by atoms with Crippen molar-refractivity contribution in [2.45, 2.75) is 26.3 Å². The lowest BCUT2D eigenvalue weighted by molar-refractivity contribution is -0.121. The Bertz CT molecular complexity index is 1120. The number of carbonyl (C=O) groups is 1. The summed E-state index contributed by atoms with van der Waals surface area (Å²) >= 11 is 0. The van der Waals surface area contributed by atoms with Crippen molar-refractivity contribution in [3.8, 4) is 0 Å². The fraction of sp³-hybridized carbons (Fsp3) is 0.400. The Morgan fingerprint density at radius 3 is 2.66 bits per heavy atom. The van der Waals surface area contributed by atoms with Gasteiger partial charge in [-0.15, -0.1) is 0 Å². The highest BCUT2D eigenvalue weighted by Crippen LogP contribution is 2.17. The molecule has 7 nitrogen and oxygen atoms in total. The van der Waals surface area contributed by atoms with Crippen molar-refractivity contribution in [1.82, 2.24) is 19.8 Å². The summed E-state index contributed by atoms with van der Waals surface area (Å²) in [6.07, 6.45) is 3.41. The van der Waals surface area contributed by atoms with E-state index in [0.29, 0.717) is 17.4 Å². The van der Waals surface area contributed by atoms with Crippen LogP contribution in [0.2, 0.25) is 0 Å². The standard InChI is InChI=1S/C25H31N5O2/c1-20-7-6-8-21(17-20)29-15-13-28(14-16-29)12-5-4-11-26-24(31)18-30-19-27-23-10-3-2-9-22(23)25(30)32/h2-3,6-10,17,19H,4-5,11-16,18H2,1H3,(H,26,31). The monoisotopic (exact) mass is 433 g/mol. The number of rotatable bonds is 8. The molecule has 1 saturated heterocycles. The minimum absolute atomic E-state index is 0.00239. The molecule has 168 valence electrons. The fourth-order valence-electron chi connectivity index (χ4n) is 4.17. The lowest BCUT2D eigenvalue weighted by Crippen LogP contribution is -2.46. The van der Waals surface area contributed by atoms with Crippen molar-refractivity contribution < 1.29 is 4.79 Å². The number of nitrogens with zero attached hydrogens (tertiary/aromatic N) is 4. The van der Waals surface area contributed by atoms with Crippen molar-refractivity contribution in [3.05, 3.63) is 70.8 Å². The number of hydrogen-bond acceptors (Lipinski definition) is 5. The van der Waals surface area contributed by atoms with Crippen LogP contribution in [0, 0.1) is 6.92 Å². The Labute approximate surface area is 188 Å². The zero-order valence-corrected chi connectivity index (χ0v) is 18.7. The highest BCUT2D eigenvalue weighted by Gasteiger charge is 2.16. The number of carbonyl (C=O) groups excluding carboxylic acids is 1. The minimum atomic E-state index is -0.185. The van der Waals surface area contributed by atoms with Crippen LogP contribution in [0.5, 0.6) is 0 Å². The number of fused-ring (bicyclic) bond motifs is 1. The van der Waals surface area contributed by atoms with E-state index in [-0.39, 0.29) is 18.0 Å². The van der Waals surface area contributed by atoms with E-state index in [0.717, 1.165) is 45.6 Å². The van der Waals surface area contributed by atoms with Gasteiger partial charge in [0.05, 0.1) is 17.2 Å². The molecule has 3 aromatic rings. The molecule has 2 heterocycles. The highest BCUT2D eigenvalue weighted by molar-refractivity contribution is 5.78. The van der Waals surface area contributed by atoms with Crippen LogP contribution in [-0.4, -0.2) is 59.6 Å². The van der Waals surface area contributed by atoms with Crippen LogP contribution in [0.3, 0.4) is 0 Å². The summed E-state index contributed by atoms with van der Waals surface area (Å²) in [7, 11) is 0. The molecule has 1 fully saturated rings. The van der Waals surface area contributed by atoms with Crippen molar-refractivity contribution in [2.24, 2.45) is 0 Å². The molecule has 4 rings (SSSR count). The molecule has 0 spiro atoms. The average molecular weight is 434 g/mol. The summed E-state index contributed by atoms with van der Waals surface area (Å²) in [6.45, 7) is 8.04. The van der Waals surface area contributed by atoms with Crippen molar-refractivity contribution in [3.63, 3.8) is 0 Å². The number of aromatic nitrogens is 2. The number of aryl methyl sites for hydroxylation is 1. The van der Waals surface area contributed by atoms with Crippen LogP contribution < -0.4 is 15.8 Å². The van der Waals surface area contributed by atoms with E-state index in [4.69, 9.17) is 0 Å². The van der Waals surface area contributed by atoms with Gasteiger partial charge in [0.2, 0.25) is 5.91 Å². The summed E-state index contributed by atoms with van der Waals surface area (Å²) in [6, 6.07) is 15.9. The number of anilines is 1. The number of benzene rings is 2. The Hall–Kier alpha value is -3.19. The van der Waals surface area contributed by atoms with Crippen LogP contribution in [0.4, 0.5) is 5.69 Å². The van der Waals surface area contributed by atoms with Gasteiger partial charge in [-0.3, -0.25) is 19.1 Å². The average Bonchev–Trinajstić information content (AvgIpc) is 2.81. The second kappa shape index (κ2) is 10.4. The minimum Gasteiger partial charge on any atom is -0.369 e. The van der Waals surface area contributed by atoms with Crippen molar-refractivity contribution in [2.75, 3.05) is 44.2 Å². The number of nitrogens with one attached hydrogen (secondary N) is 1. The van der Waals surface area contributed by atoms with Gasteiger partial charge >= 0.3 is 0 Å². The van der Waals surface area contributed by atoms with Crippen LogP contribution >= 0.6 is 0 Å². The number of para-hydroxylation sites is 1. The highest BCUT2D eigenvalue weighted by atomic mass is 16.2. The summed E-state index contributed by atoms with van der Waals surface area (Å²) in [4.78, 5) is 33.9. The van der Waals surface area contributed by atoms with Gasteiger partial charge in [-0.05, 0) is 56.1 Å². The van der Waals surface area contributed by atoms with Crippen LogP contribution in [0.25, 0.3) is 10.9 Å². The van der Waals surface area contributed by atoms with E-state index < -0.39 is 0 Å². The molecule has 1 N–H and O–H groups in total. The first-order chi connectivity index (χ1) is 15.6. The first-order valence-electron chi connectivity index (χ1n) is 11.3. The van der Waals surface area contributed by atoms with Gasteiger partial charge in [-0.1, -0.05) is 24.3 Å². The molecule has 0 radical (unpaired) electrons. The molecule has 1 aromatic heterocycles. The van der Waals surface area contributed by atoms with Gasteiger partial charge in [-0.25, -0.2) is 4.98 Å². The summed E-state index contributed by atoms with van der Waals surface area (Å²) < 4.78 is 1.37. The second-order valence-corrected chi connectivity index (χ2v) is 8.42. The molecule has 0 atom stereocenters. The van der Waals surface area contributed by atoms with Crippen LogP contribution in [0.1, 0.15) is 18.4 Å². The summed E-state index contributed by atoms with van der Waals surface area (Å²) in [5, 5.41) is 3.46. The maximum atomic E-state index is 12.5. The maximum absolute atomic E-state index is 12.5. The molecular formula is C25H31N5O2. The molecule has 1 amide bonds. The molecule has 32 heavy (non-hydrogen) atoms. The molecule has 2 aromatic carbocycles. The fourth-order valence-corrected chi connectivity index (χ4v) is 4.17. The zero-order valence-electron chi connectivity index (χ0n) is 18.7. The lowest BCUT2D eigenvalue weighted by atomic mass is 10.2. The van der Waals surface area contributed by atoms with Crippen molar-refractivity contribution >= 4 is 22.5 Å². The van der Waals surface area contributed by atoms with Gasteiger partial charge in [0.25, 0.3) is 5.56 Å². The first-order valence-corrected chi connectivity index (χ1v) is 11.3. The number of unbranched alkanes of at least 4 members (excludes halogenated alkanes) is 1. The second-order valence-electron chi connectivity index (χ2n) is 8.42. The Morgan fingerprint density at radius 2 is 1.84 bits per heavy atom. The quantitative estimate of drug-likeness (QED) is 0.553. The predicted octanol–water partition coefficient (Wildman–Crippen LogP) is 2.42. The van der Waals surface area contributed by atoms with E-state index in [1.807, 2.05) is 6.07 Å². The van der Waals surface area contributed by atoms with Gasteiger partial charge in [0.1, 0.15) is 6.54 Å². The molecule has 0 saturated carbocycles. The molecule has 1 aliphatic rings. The molecular weight excluding hydrogens is 402 g/mol. The molecule has 0 aliphatic carbocycles. The topological polar surface area (TPSA) is 70.5 Å². The van der Waals surface area contributed by atoms with E-state index in [1.54, 1.807) is 18.2 Å². The first kappa shape index (κ1) is 22.0. The Kier molecular flexibility index (Phi) is 7.17. The Morgan fingerprint density at radius 1 is 1.03 bits per heavy atom. The van der Waals surface area contributed by atoms with E-state index in [9.17, 15) is 9.59 Å². The van der Waals surface area contributed by atoms with Gasteiger partial charge < -0.3 is 10.2 Å². The maximum Gasteiger partial charge on any atom is 0.261 e. The molecule has 0 bridgehead atoms. The SMILES string of the molecule is Cc1cccc(N2CCN(CCCCNC(=O)Cn3cnc4ccccc4c3=O)CC2)c1. The third-order valence-corrected chi connectivity index (χ3v) is 6.01. The van der Waals surface area contributed by atoms with E-state index >= 15 is 0 Å². The molecule has 0 unspecified atom stereocenters. The van der Waals surface area contributed by atoms with Crippen LogP contribution in [-0.2, 0) is 11.3 Å². The summed E-state index contributed by atoms with van der Waals surface area (Å²) in [5.41, 5.74) is 3.08.